The monoisotopic (exact) mass is 339 g/mol. The number of esters is 2. The maximum atomic E-state index is 12.9. The third-order valence-corrected chi connectivity index (χ3v) is 2.85. The van der Waals surface area contributed by atoms with Gasteiger partial charge in [-0.05, 0) is 13.3 Å². The average molecular weight is 340 g/mol. The van der Waals surface area contributed by atoms with E-state index in [0.717, 1.165) is 0 Å². The van der Waals surface area contributed by atoms with Crippen molar-refractivity contribution in [1.29, 1.82) is 0 Å². The zero-order valence-corrected chi connectivity index (χ0v) is 13.4. The maximum Gasteiger partial charge on any atom is 0.325 e. The third-order valence-electron chi connectivity index (χ3n) is 2.85. The SMILES string of the molecule is CCOC(=O)CC/C=C/COCOC(=O)C1CC(F)CN1.Cl. The minimum Gasteiger partial charge on any atom is -0.466 e. The van der Waals surface area contributed by atoms with Crippen LogP contribution in [0.5, 0.6) is 0 Å². The first-order chi connectivity index (χ1) is 10.1. The summed E-state index contributed by atoms with van der Waals surface area (Å²) >= 11 is 0. The van der Waals surface area contributed by atoms with Gasteiger partial charge >= 0.3 is 11.9 Å². The van der Waals surface area contributed by atoms with Crippen molar-refractivity contribution in [2.75, 3.05) is 26.6 Å². The molecule has 22 heavy (non-hydrogen) atoms. The highest BCUT2D eigenvalue weighted by Gasteiger charge is 2.30. The van der Waals surface area contributed by atoms with Crippen LogP contribution in [0, 0.1) is 0 Å². The van der Waals surface area contributed by atoms with E-state index < -0.39 is 18.2 Å². The highest BCUT2D eigenvalue weighted by molar-refractivity contribution is 5.85. The average Bonchev–Trinajstić information content (AvgIpc) is 2.88. The van der Waals surface area contributed by atoms with Gasteiger partial charge in [-0.25, -0.2) is 4.39 Å². The molecular weight excluding hydrogens is 317 g/mol. The molecule has 128 valence electrons. The standard InChI is InChI=1S/C14H22FNO5.ClH/c1-2-20-13(17)6-4-3-5-7-19-10-21-14(18)12-8-11(15)9-16-12;/h3,5,11-12,16H,2,4,6-10H2,1H3;1H/b5-3+;. The van der Waals surface area contributed by atoms with Crippen LogP contribution < -0.4 is 5.32 Å². The smallest absolute Gasteiger partial charge is 0.325 e. The number of rotatable bonds is 9. The van der Waals surface area contributed by atoms with Gasteiger partial charge in [-0.2, -0.15) is 0 Å². The van der Waals surface area contributed by atoms with Crippen LogP contribution in [-0.4, -0.2) is 50.7 Å². The number of ether oxygens (including phenoxy) is 3. The van der Waals surface area contributed by atoms with Crippen LogP contribution in [0.25, 0.3) is 0 Å². The minimum atomic E-state index is -0.995. The van der Waals surface area contributed by atoms with Crippen LogP contribution in [0.4, 0.5) is 4.39 Å². The van der Waals surface area contributed by atoms with Crippen molar-refractivity contribution in [3.8, 4) is 0 Å². The molecule has 0 amide bonds. The summed E-state index contributed by atoms with van der Waals surface area (Å²) in [6.45, 7) is 2.44. The van der Waals surface area contributed by atoms with Gasteiger partial charge < -0.3 is 19.5 Å². The van der Waals surface area contributed by atoms with Crippen LogP contribution >= 0.6 is 12.4 Å². The summed E-state index contributed by atoms with van der Waals surface area (Å²) < 4.78 is 27.6. The van der Waals surface area contributed by atoms with Crippen molar-refractivity contribution in [2.24, 2.45) is 0 Å². The van der Waals surface area contributed by atoms with Crippen molar-refractivity contribution in [3.63, 3.8) is 0 Å². The van der Waals surface area contributed by atoms with Crippen molar-refractivity contribution in [1.82, 2.24) is 5.32 Å². The van der Waals surface area contributed by atoms with Gasteiger partial charge in [0.05, 0.1) is 13.2 Å². The van der Waals surface area contributed by atoms with Crippen LogP contribution in [-0.2, 0) is 23.8 Å². The molecule has 1 aliphatic rings. The first-order valence-corrected chi connectivity index (χ1v) is 7.06. The molecule has 0 bridgehead atoms. The number of hydrogen-bond acceptors (Lipinski definition) is 6. The van der Waals surface area contributed by atoms with E-state index in [4.69, 9.17) is 14.2 Å². The molecule has 1 heterocycles. The van der Waals surface area contributed by atoms with E-state index in [0.29, 0.717) is 19.4 Å². The van der Waals surface area contributed by atoms with E-state index in [-0.39, 0.29) is 44.7 Å². The van der Waals surface area contributed by atoms with Gasteiger partial charge in [0.1, 0.15) is 12.2 Å². The minimum absolute atomic E-state index is 0. The summed E-state index contributed by atoms with van der Waals surface area (Å²) in [4.78, 5) is 22.5. The molecule has 1 fully saturated rings. The fourth-order valence-corrected chi connectivity index (χ4v) is 1.81. The van der Waals surface area contributed by atoms with Crippen molar-refractivity contribution < 1.29 is 28.2 Å². The molecule has 1 rings (SSSR count). The van der Waals surface area contributed by atoms with Crippen molar-refractivity contribution >= 4 is 24.3 Å². The fraction of sp³-hybridized carbons (Fsp3) is 0.714. The normalized spacial score (nSPS) is 20.6. The Hall–Kier alpha value is -1.18. The van der Waals surface area contributed by atoms with Gasteiger partial charge in [0.15, 0.2) is 6.79 Å². The summed E-state index contributed by atoms with van der Waals surface area (Å²) in [6, 6.07) is -0.580. The molecule has 0 aromatic carbocycles. The number of hydrogen-bond donors (Lipinski definition) is 1. The number of allylic oxidation sites excluding steroid dienone is 1. The van der Waals surface area contributed by atoms with E-state index in [2.05, 4.69) is 5.32 Å². The number of carbonyl (C=O) groups is 2. The predicted molar refractivity (Wildman–Crippen MR) is 80.5 cm³/mol. The van der Waals surface area contributed by atoms with Gasteiger partial charge in [-0.1, -0.05) is 12.2 Å². The Morgan fingerprint density at radius 3 is 2.73 bits per heavy atom. The van der Waals surface area contributed by atoms with E-state index in [1.54, 1.807) is 19.1 Å². The van der Waals surface area contributed by atoms with Gasteiger partial charge in [-0.3, -0.25) is 9.59 Å². The van der Waals surface area contributed by atoms with Gasteiger partial charge in [0.2, 0.25) is 0 Å². The molecule has 6 nitrogen and oxygen atoms in total. The Labute approximate surface area is 135 Å². The molecule has 1 saturated heterocycles. The lowest BCUT2D eigenvalue weighted by molar-refractivity contribution is -0.157. The first kappa shape index (κ1) is 20.8. The van der Waals surface area contributed by atoms with Crippen LogP contribution in [0.1, 0.15) is 26.2 Å². The second kappa shape index (κ2) is 12.4. The van der Waals surface area contributed by atoms with Gasteiger partial charge in [0.25, 0.3) is 0 Å². The second-order valence-electron chi connectivity index (χ2n) is 4.56. The fourth-order valence-electron chi connectivity index (χ4n) is 1.81. The van der Waals surface area contributed by atoms with Crippen molar-refractivity contribution in [3.05, 3.63) is 12.2 Å². The Kier molecular flexibility index (Phi) is 11.7. The van der Waals surface area contributed by atoms with E-state index in [9.17, 15) is 14.0 Å². The van der Waals surface area contributed by atoms with Gasteiger partial charge in [-0.15, -0.1) is 12.4 Å². The first-order valence-electron chi connectivity index (χ1n) is 7.06. The van der Waals surface area contributed by atoms with Crippen LogP contribution in [0.15, 0.2) is 12.2 Å². The molecule has 2 atom stereocenters. The topological polar surface area (TPSA) is 73.9 Å². The zero-order chi connectivity index (χ0) is 15.5. The molecule has 2 unspecified atom stereocenters. The molecule has 1 N–H and O–H groups in total. The Morgan fingerprint density at radius 2 is 2.09 bits per heavy atom. The predicted octanol–water partition coefficient (Wildman–Crippen LogP) is 1.52. The van der Waals surface area contributed by atoms with Crippen molar-refractivity contribution in [2.45, 2.75) is 38.4 Å². The maximum absolute atomic E-state index is 12.9. The summed E-state index contributed by atoms with van der Waals surface area (Å²) in [7, 11) is 0. The number of alkyl halides is 1. The van der Waals surface area contributed by atoms with E-state index >= 15 is 0 Å². The van der Waals surface area contributed by atoms with Crippen LogP contribution in [0.2, 0.25) is 0 Å². The lowest BCUT2D eigenvalue weighted by Gasteiger charge is -2.09. The Morgan fingerprint density at radius 1 is 1.32 bits per heavy atom. The highest BCUT2D eigenvalue weighted by Crippen LogP contribution is 2.10. The van der Waals surface area contributed by atoms with Gasteiger partial charge in [0, 0.05) is 19.4 Å². The molecule has 0 aliphatic carbocycles. The molecule has 0 radical (unpaired) electrons. The number of carbonyl (C=O) groups excluding carboxylic acids is 2. The largest absolute Gasteiger partial charge is 0.466 e. The Balaban J connectivity index is 0.00000441. The van der Waals surface area contributed by atoms with E-state index in [1.807, 2.05) is 0 Å². The summed E-state index contributed by atoms with van der Waals surface area (Å²) in [5.74, 6) is -0.728. The lowest BCUT2D eigenvalue weighted by Crippen LogP contribution is -2.32. The van der Waals surface area contributed by atoms with Crippen LogP contribution in [0.3, 0.4) is 0 Å². The Bertz CT molecular complexity index is 367. The molecule has 0 spiro atoms. The zero-order valence-electron chi connectivity index (χ0n) is 12.6. The number of halogens is 2. The second-order valence-corrected chi connectivity index (χ2v) is 4.56. The lowest BCUT2D eigenvalue weighted by atomic mass is 10.2. The molecule has 1 aliphatic heterocycles. The quantitative estimate of drug-likeness (QED) is 0.297. The third kappa shape index (κ3) is 8.96. The molecule has 0 aromatic rings. The van der Waals surface area contributed by atoms with E-state index in [1.165, 1.54) is 0 Å². The molecule has 0 saturated carbocycles. The summed E-state index contributed by atoms with van der Waals surface area (Å²) in [5.41, 5.74) is 0. The molecule has 8 heteroatoms. The number of nitrogens with one attached hydrogen (secondary N) is 1. The molecular formula is C14H23ClFNO5. The highest BCUT2D eigenvalue weighted by atomic mass is 35.5. The molecule has 0 aromatic heterocycles. The summed E-state index contributed by atoms with van der Waals surface area (Å²) in [6.07, 6.45) is 3.59. The summed E-state index contributed by atoms with van der Waals surface area (Å²) in [5, 5.41) is 2.73.